The van der Waals surface area contributed by atoms with Gasteiger partial charge in [0.15, 0.2) is 0 Å². The molecule has 0 aliphatic heterocycles. The molecule has 2 N–H and O–H groups in total. The number of rotatable bonds is 9. The van der Waals surface area contributed by atoms with E-state index in [0.29, 0.717) is 17.9 Å². The van der Waals surface area contributed by atoms with Crippen LogP contribution in [0.4, 0.5) is 0 Å². The van der Waals surface area contributed by atoms with Crippen LogP contribution in [0.2, 0.25) is 0 Å². The zero-order chi connectivity index (χ0) is 19.5. The van der Waals surface area contributed by atoms with Crippen LogP contribution >= 0.6 is 0 Å². The Hall–Kier alpha value is -3.35. The second-order valence-corrected chi connectivity index (χ2v) is 5.62. The Balaban J connectivity index is 1.75. The molecule has 0 aliphatic rings. The first-order valence-corrected chi connectivity index (χ1v) is 8.59. The molecule has 0 saturated heterocycles. The van der Waals surface area contributed by atoms with Gasteiger partial charge < -0.3 is 14.8 Å². The number of hydrogen-bond acceptors (Lipinski definition) is 5. The van der Waals surface area contributed by atoms with Crippen LogP contribution in [-0.2, 0) is 4.79 Å². The molecule has 0 unspecified atom stereocenters. The van der Waals surface area contributed by atoms with Gasteiger partial charge in [-0.05, 0) is 60.5 Å². The maximum absolute atomic E-state index is 12.0. The molecule has 2 rings (SSSR count). The number of benzene rings is 2. The number of carbonyl (C=O) groups is 2. The van der Waals surface area contributed by atoms with Crippen molar-refractivity contribution in [2.45, 2.75) is 13.3 Å². The van der Waals surface area contributed by atoms with Gasteiger partial charge in [0.1, 0.15) is 11.5 Å². The first-order chi connectivity index (χ1) is 13.1. The second-order valence-electron chi connectivity index (χ2n) is 5.62. The van der Waals surface area contributed by atoms with Gasteiger partial charge in [-0.15, -0.1) is 0 Å². The van der Waals surface area contributed by atoms with Gasteiger partial charge in [0.05, 0.1) is 26.5 Å². The molecule has 0 aromatic heterocycles. The van der Waals surface area contributed by atoms with Crippen LogP contribution in [0.1, 0.15) is 29.3 Å². The zero-order valence-electron chi connectivity index (χ0n) is 15.4. The topological polar surface area (TPSA) is 89.0 Å². The molecule has 2 aromatic rings. The fourth-order valence-electron chi connectivity index (χ4n) is 2.09. The highest BCUT2D eigenvalue weighted by atomic mass is 16.5. The van der Waals surface area contributed by atoms with Crippen molar-refractivity contribution in [1.29, 1.82) is 0 Å². The lowest BCUT2D eigenvalue weighted by Gasteiger charge is -2.07. The van der Waals surface area contributed by atoms with Crippen LogP contribution in [0.15, 0.2) is 53.6 Å². The van der Waals surface area contributed by atoms with Crippen molar-refractivity contribution < 1.29 is 19.1 Å². The maximum atomic E-state index is 12.0. The molecule has 0 radical (unpaired) electrons. The molecule has 0 aliphatic carbocycles. The van der Waals surface area contributed by atoms with E-state index in [1.165, 1.54) is 6.21 Å². The summed E-state index contributed by atoms with van der Waals surface area (Å²) in [5.74, 6) is 0.685. The summed E-state index contributed by atoms with van der Waals surface area (Å²) in [6.07, 6.45) is 2.42. The first-order valence-electron chi connectivity index (χ1n) is 8.59. The molecule has 2 aromatic carbocycles. The molecule has 27 heavy (non-hydrogen) atoms. The molecule has 0 bridgehead atoms. The molecule has 0 fully saturated rings. The molecule has 0 atom stereocenters. The number of hydrazone groups is 1. The molecule has 2 amide bonds. The number of methoxy groups -OCH3 is 1. The Kier molecular flexibility index (Phi) is 7.84. The molecule has 7 heteroatoms. The summed E-state index contributed by atoms with van der Waals surface area (Å²) in [6, 6.07) is 14.0. The summed E-state index contributed by atoms with van der Waals surface area (Å²) >= 11 is 0. The standard InChI is InChI=1S/C20H23N3O4/c1-3-12-27-18-10-6-16(7-11-18)20(25)21-14-19(24)23-22-13-15-4-8-17(26-2)9-5-15/h4-11,13H,3,12,14H2,1-2H3,(H,21,25)(H,23,24)/b22-13-. The number of nitrogens with zero attached hydrogens (tertiary/aromatic N) is 1. The average molecular weight is 369 g/mol. The summed E-state index contributed by atoms with van der Waals surface area (Å²) < 4.78 is 10.5. The third-order valence-electron chi connectivity index (χ3n) is 3.52. The highest BCUT2D eigenvalue weighted by molar-refractivity contribution is 5.96. The third-order valence-corrected chi connectivity index (χ3v) is 3.52. The lowest BCUT2D eigenvalue weighted by molar-refractivity contribution is -0.120. The van der Waals surface area contributed by atoms with E-state index in [2.05, 4.69) is 15.8 Å². The number of amides is 2. The van der Waals surface area contributed by atoms with Crippen LogP contribution in [0.25, 0.3) is 0 Å². The summed E-state index contributed by atoms with van der Waals surface area (Å²) in [6.45, 7) is 2.48. The molecule has 7 nitrogen and oxygen atoms in total. The maximum Gasteiger partial charge on any atom is 0.259 e. The summed E-state index contributed by atoms with van der Waals surface area (Å²) in [4.78, 5) is 23.8. The van der Waals surface area contributed by atoms with E-state index in [1.807, 2.05) is 19.1 Å². The Morgan fingerprint density at radius 2 is 1.70 bits per heavy atom. The predicted molar refractivity (Wildman–Crippen MR) is 103 cm³/mol. The smallest absolute Gasteiger partial charge is 0.259 e. The minimum absolute atomic E-state index is 0.174. The minimum Gasteiger partial charge on any atom is -0.497 e. The zero-order valence-corrected chi connectivity index (χ0v) is 15.4. The molecule has 0 spiro atoms. The average Bonchev–Trinajstić information content (AvgIpc) is 2.71. The van der Waals surface area contributed by atoms with Crippen molar-refractivity contribution in [2.24, 2.45) is 5.10 Å². The lowest BCUT2D eigenvalue weighted by atomic mass is 10.2. The molecule has 0 heterocycles. The van der Waals surface area contributed by atoms with Crippen molar-refractivity contribution in [1.82, 2.24) is 10.7 Å². The third kappa shape index (κ3) is 6.81. The quantitative estimate of drug-likeness (QED) is 0.525. The van der Waals surface area contributed by atoms with Gasteiger partial charge in [-0.25, -0.2) is 5.43 Å². The van der Waals surface area contributed by atoms with Crippen molar-refractivity contribution in [3.63, 3.8) is 0 Å². The summed E-state index contributed by atoms with van der Waals surface area (Å²) in [5.41, 5.74) is 3.63. The summed E-state index contributed by atoms with van der Waals surface area (Å²) in [7, 11) is 1.59. The van der Waals surface area contributed by atoms with Crippen molar-refractivity contribution in [3.05, 3.63) is 59.7 Å². The normalized spacial score (nSPS) is 10.4. The van der Waals surface area contributed by atoms with E-state index in [-0.39, 0.29) is 12.5 Å². The Labute approximate surface area is 158 Å². The number of carbonyl (C=O) groups excluding carboxylic acids is 2. The Morgan fingerprint density at radius 1 is 1.04 bits per heavy atom. The molecule has 142 valence electrons. The van der Waals surface area contributed by atoms with Crippen LogP contribution in [0, 0.1) is 0 Å². The summed E-state index contributed by atoms with van der Waals surface area (Å²) in [5, 5.41) is 6.40. The largest absolute Gasteiger partial charge is 0.497 e. The van der Waals surface area contributed by atoms with Gasteiger partial charge in [-0.1, -0.05) is 6.92 Å². The SMILES string of the molecule is CCCOc1ccc(C(=O)NCC(=O)N/N=C\c2ccc(OC)cc2)cc1. The number of hydrogen-bond donors (Lipinski definition) is 2. The number of nitrogens with one attached hydrogen (secondary N) is 2. The van der Waals surface area contributed by atoms with Gasteiger partial charge in [-0.2, -0.15) is 5.10 Å². The highest BCUT2D eigenvalue weighted by Gasteiger charge is 2.07. The molecular formula is C20H23N3O4. The second kappa shape index (κ2) is 10.6. The van der Waals surface area contributed by atoms with Crippen LogP contribution in [0.5, 0.6) is 11.5 Å². The number of ether oxygens (including phenoxy) is 2. The van der Waals surface area contributed by atoms with E-state index in [0.717, 1.165) is 17.7 Å². The van der Waals surface area contributed by atoms with E-state index in [1.54, 1.807) is 43.5 Å². The van der Waals surface area contributed by atoms with Crippen LogP contribution in [0.3, 0.4) is 0 Å². The van der Waals surface area contributed by atoms with Gasteiger partial charge in [0, 0.05) is 5.56 Å². The molecular weight excluding hydrogens is 346 g/mol. The fraction of sp³-hybridized carbons (Fsp3) is 0.250. The van der Waals surface area contributed by atoms with Crippen molar-refractivity contribution in [3.8, 4) is 11.5 Å². The van der Waals surface area contributed by atoms with Gasteiger partial charge in [0.25, 0.3) is 11.8 Å². The van der Waals surface area contributed by atoms with Crippen LogP contribution in [-0.4, -0.2) is 38.3 Å². The van der Waals surface area contributed by atoms with E-state index in [4.69, 9.17) is 9.47 Å². The van der Waals surface area contributed by atoms with Crippen molar-refractivity contribution >= 4 is 18.0 Å². The highest BCUT2D eigenvalue weighted by Crippen LogP contribution is 2.12. The van der Waals surface area contributed by atoms with Crippen molar-refractivity contribution in [2.75, 3.05) is 20.3 Å². The van der Waals surface area contributed by atoms with Gasteiger partial charge in [-0.3, -0.25) is 9.59 Å². The molecule has 0 saturated carbocycles. The monoisotopic (exact) mass is 369 g/mol. The van der Waals surface area contributed by atoms with Crippen LogP contribution < -0.4 is 20.2 Å². The van der Waals surface area contributed by atoms with E-state index in [9.17, 15) is 9.59 Å². The Bertz CT molecular complexity index is 771. The van der Waals surface area contributed by atoms with Gasteiger partial charge in [0.2, 0.25) is 0 Å². The van der Waals surface area contributed by atoms with Gasteiger partial charge >= 0.3 is 0 Å². The van der Waals surface area contributed by atoms with E-state index < -0.39 is 5.91 Å². The minimum atomic E-state index is -0.420. The van der Waals surface area contributed by atoms with E-state index >= 15 is 0 Å². The first kappa shape index (κ1) is 20.0. The fourth-order valence-corrected chi connectivity index (χ4v) is 2.09. The predicted octanol–water partition coefficient (Wildman–Crippen LogP) is 2.36. The lowest BCUT2D eigenvalue weighted by Crippen LogP contribution is -2.34. The Morgan fingerprint density at radius 3 is 2.33 bits per heavy atom.